The predicted molar refractivity (Wildman–Crippen MR) is 84.6 cm³/mol. The maximum Gasteiger partial charge on any atom is 0.0594 e. The minimum absolute atomic E-state index is 0.881. The van der Waals surface area contributed by atoms with Crippen LogP contribution in [0.25, 0.3) is 10.9 Å². The Hall–Kier alpha value is -1.36. The van der Waals surface area contributed by atoms with Gasteiger partial charge in [0, 0.05) is 49.3 Å². The van der Waals surface area contributed by atoms with Gasteiger partial charge in [0.15, 0.2) is 0 Å². The van der Waals surface area contributed by atoms with Crippen molar-refractivity contribution in [1.82, 2.24) is 14.8 Å². The van der Waals surface area contributed by atoms with E-state index in [9.17, 15) is 0 Å². The summed E-state index contributed by atoms with van der Waals surface area (Å²) in [5.41, 5.74) is 4.46. The summed E-state index contributed by atoms with van der Waals surface area (Å²) in [4.78, 5) is 2.51. The minimum atomic E-state index is 0.881. The second-order valence-corrected chi connectivity index (χ2v) is 5.97. The molecule has 2 aromatic rings. The normalized spacial score (nSPS) is 19.8. The van der Waals surface area contributed by atoms with E-state index in [2.05, 4.69) is 39.0 Å². The molecule has 4 heteroatoms. The highest BCUT2D eigenvalue weighted by atomic mass is 16.5. The zero-order valence-electron chi connectivity index (χ0n) is 12.5. The van der Waals surface area contributed by atoms with Gasteiger partial charge < -0.3 is 14.6 Å². The first-order valence-corrected chi connectivity index (χ1v) is 8.03. The number of rotatable bonds is 3. The van der Waals surface area contributed by atoms with Gasteiger partial charge in [-0.3, -0.25) is 4.90 Å². The van der Waals surface area contributed by atoms with Crippen molar-refractivity contribution >= 4 is 10.9 Å². The number of aromatic nitrogens is 1. The van der Waals surface area contributed by atoms with Crippen molar-refractivity contribution in [3.05, 3.63) is 35.5 Å². The molecule has 0 saturated carbocycles. The number of hydrogen-bond donors (Lipinski definition) is 1. The standard InChI is InChI=1S/C17H23N3O/c1-2-4-16-14(3-1)15-5-6-18-13-17(15)20(16)8-7-19-9-11-21-12-10-19/h1-4,18H,5-13H2. The second-order valence-electron chi connectivity index (χ2n) is 5.97. The third-order valence-corrected chi connectivity index (χ3v) is 4.78. The van der Waals surface area contributed by atoms with E-state index in [1.54, 1.807) is 5.56 Å². The van der Waals surface area contributed by atoms with Gasteiger partial charge in [0.1, 0.15) is 0 Å². The van der Waals surface area contributed by atoms with Crippen LogP contribution in [0.3, 0.4) is 0 Å². The van der Waals surface area contributed by atoms with Gasteiger partial charge in [-0.1, -0.05) is 18.2 Å². The molecule has 2 aliphatic heterocycles. The Morgan fingerprint density at radius 1 is 1.10 bits per heavy atom. The van der Waals surface area contributed by atoms with Gasteiger partial charge in [-0.25, -0.2) is 0 Å². The molecule has 0 unspecified atom stereocenters. The van der Waals surface area contributed by atoms with Gasteiger partial charge in [0.05, 0.1) is 13.2 Å². The van der Waals surface area contributed by atoms with E-state index >= 15 is 0 Å². The summed E-state index contributed by atoms with van der Waals surface area (Å²) in [7, 11) is 0. The molecule has 1 aromatic heterocycles. The molecule has 4 nitrogen and oxygen atoms in total. The van der Waals surface area contributed by atoms with Crippen molar-refractivity contribution in [2.24, 2.45) is 0 Å². The van der Waals surface area contributed by atoms with Crippen LogP contribution in [0.15, 0.2) is 24.3 Å². The molecule has 1 fully saturated rings. The molecule has 0 radical (unpaired) electrons. The van der Waals surface area contributed by atoms with Crippen LogP contribution in [0.4, 0.5) is 0 Å². The first-order valence-electron chi connectivity index (χ1n) is 8.03. The van der Waals surface area contributed by atoms with Crippen LogP contribution in [0.5, 0.6) is 0 Å². The molecule has 1 saturated heterocycles. The fourth-order valence-corrected chi connectivity index (χ4v) is 3.65. The fraction of sp³-hybridized carbons (Fsp3) is 0.529. The molecule has 0 spiro atoms. The van der Waals surface area contributed by atoms with E-state index in [-0.39, 0.29) is 0 Å². The van der Waals surface area contributed by atoms with E-state index in [1.807, 2.05) is 0 Å². The van der Waals surface area contributed by atoms with Crippen molar-refractivity contribution in [2.45, 2.75) is 19.5 Å². The quantitative estimate of drug-likeness (QED) is 0.929. The van der Waals surface area contributed by atoms with Crippen molar-refractivity contribution in [2.75, 3.05) is 39.4 Å². The van der Waals surface area contributed by atoms with Crippen LogP contribution in [0.1, 0.15) is 11.3 Å². The van der Waals surface area contributed by atoms with Crippen LogP contribution >= 0.6 is 0 Å². The Morgan fingerprint density at radius 3 is 2.86 bits per heavy atom. The number of benzene rings is 1. The van der Waals surface area contributed by atoms with Gasteiger partial charge in [0.2, 0.25) is 0 Å². The highest BCUT2D eigenvalue weighted by molar-refractivity contribution is 5.85. The zero-order valence-corrected chi connectivity index (χ0v) is 12.5. The SMILES string of the molecule is c1ccc2c(c1)c1c(n2CCN2CCOCC2)CNCC1. The van der Waals surface area contributed by atoms with Gasteiger partial charge >= 0.3 is 0 Å². The largest absolute Gasteiger partial charge is 0.379 e. The molecule has 1 N–H and O–H groups in total. The highest BCUT2D eigenvalue weighted by Crippen LogP contribution is 2.28. The number of nitrogens with zero attached hydrogens (tertiary/aromatic N) is 2. The second kappa shape index (κ2) is 5.79. The van der Waals surface area contributed by atoms with Crippen molar-refractivity contribution in [1.29, 1.82) is 0 Å². The lowest BCUT2D eigenvalue weighted by Crippen LogP contribution is -2.38. The zero-order chi connectivity index (χ0) is 14.1. The number of morpholine rings is 1. The number of fused-ring (bicyclic) bond motifs is 3. The summed E-state index contributed by atoms with van der Waals surface area (Å²) in [5, 5.41) is 4.98. The van der Waals surface area contributed by atoms with Crippen molar-refractivity contribution in [3.8, 4) is 0 Å². The summed E-state index contributed by atoms with van der Waals surface area (Å²) in [6.07, 6.45) is 1.15. The first-order chi connectivity index (χ1) is 10.4. The molecule has 3 heterocycles. The summed E-state index contributed by atoms with van der Waals surface area (Å²) in [6.45, 7) is 8.21. The van der Waals surface area contributed by atoms with Crippen LogP contribution in [-0.2, 0) is 24.2 Å². The summed E-state index contributed by atoms with van der Waals surface area (Å²) in [5.74, 6) is 0. The molecular formula is C17H23N3O. The first kappa shape index (κ1) is 13.3. The average molecular weight is 285 g/mol. The van der Waals surface area contributed by atoms with E-state index in [0.717, 1.165) is 58.9 Å². The summed E-state index contributed by atoms with van der Waals surface area (Å²) < 4.78 is 7.97. The van der Waals surface area contributed by atoms with E-state index in [4.69, 9.17) is 4.74 Å². The topological polar surface area (TPSA) is 29.4 Å². The molecule has 0 atom stereocenters. The fourth-order valence-electron chi connectivity index (χ4n) is 3.65. The molecule has 0 amide bonds. The Kier molecular flexibility index (Phi) is 3.67. The monoisotopic (exact) mass is 285 g/mol. The van der Waals surface area contributed by atoms with Crippen LogP contribution in [0.2, 0.25) is 0 Å². The lowest BCUT2D eigenvalue weighted by atomic mass is 10.1. The number of nitrogens with one attached hydrogen (secondary N) is 1. The van der Waals surface area contributed by atoms with E-state index < -0.39 is 0 Å². The Labute approximate surface area is 125 Å². The van der Waals surface area contributed by atoms with Gasteiger partial charge in [-0.2, -0.15) is 0 Å². The predicted octanol–water partition coefficient (Wildman–Crippen LogP) is 1.62. The molecule has 112 valence electrons. The highest BCUT2D eigenvalue weighted by Gasteiger charge is 2.20. The lowest BCUT2D eigenvalue weighted by Gasteiger charge is -2.27. The van der Waals surface area contributed by atoms with Crippen molar-refractivity contribution < 1.29 is 4.74 Å². The molecular weight excluding hydrogens is 262 g/mol. The van der Waals surface area contributed by atoms with Gasteiger partial charge in [-0.05, 0) is 24.6 Å². The average Bonchev–Trinajstić information content (AvgIpc) is 2.88. The summed E-state index contributed by atoms with van der Waals surface area (Å²) in [6, 6.07) is 8.88. The smallest absolute Gasteiger partial charge is 0.0594 e. The molecule has 2 aliphatic rings. The van der Waals surface area contributed by atoms with Crippen molar-refractivity contribution in [3.63, 3.8) is 0 Å². The maximum absolute atomic E-state index is 5.44. The molecule has 0 aliphatic carbocycles. The van der Waals surface area contributed by atoms with E-state index in [0.29, 0.717) is 0 Å². The third-order valence-electron chi connectivity index (χ3n) is 4.78. The molecule has 1 aromatic carbocycles. The minimum Gasteiger partial charge on any atom is -0.379 e. The Balaban J connectivity index is 1.64. The van der Waals surface area contributed by atoms with Gasteiger partial charge in [0.25, 0.3) is 0 Å². The number of para-hydroxylation sites is 1. The third kappa shape index (κ3) is 2.48. The Bertz CT molecular complexity index is 628. The lowest BCUT2D eigenvalue weighted by molar-refractivity contribution is 0.0364. The van der Waals surface area contributed by atoms with Crippen LogP contribution in [0, 0.1) is 0 Å². The molecule has 4 rings (SSSR count). The maximum atomic E-state index is 5.44. The molecule has 21 heavy (non-hydrogen) atoms. The molecule has 0 bridgehead atoms. The van der Waals surface area contributed by atoms with Crippen LogP contribution < -0.4 is 5.32 Å². The van der Waals surface area contributed by atoms with Gasteiger partial charge in [-0.15, -0.1) is 0 Å². The van der Waals surface area contributed by atoms with E-state index in [1.165, 1.54) is 16.6 Å². The van der Waals surface area contributed by atoms with Crippen LogP contribution in [-0.4, -0.2) is 48.9 Å². The number of hydrogen-bond acceptors (Lipinski definition) is 3. The summed E-state index contributed by atoms with van der Waals surface area (Å²) >= 11 is 0. The Morgan fingerprint density at radius 2 is 1.95 bits per heavy atom. The number of ether oxygens (including phenoxy) is 1.